The van der Waals surface area contributed by atoms with Gasteiger partial charge in [0.1, 0.15) is 11.9 Å². The number of hydrogen-bond donors (Lipinski definition) is 1. The summed E-state index contributed by atoms with van der Waals surface area (Å²) < 4.78 is 16.9. The highest BCUT2D eigenvalue weighted by Gasteiger charge is 2.38. The van der Waals surface area contributed by atoms with Crippen LogP contribution in [0.4, 0.5) is 4.79 Å². The molecule has 4 rings (SSSR count). The standard InChI is InChI=1S/C24H36N2O4/c1-28-20-8-6-19(7-9-20)17-26-14-12-24(13-15-26)11-10-22(29-18-24)16-25-23(27)30-21-4-2-3-5-21/h6-9,21-22H,2-5,10-18H2,1H3,(H,25,27). The first-order valence-corrected chi connectivity index (χ1v) is 11.6. The summed E-state index contributed by atoms with van der Waals surface area (Å²) in [6.45, 7) is 4.60. The Balaban J connectivity index is 1.15. The largest absolute Gasteiger partial charge is 0.497 e. The van der Waals surface area contributed by atoms with Crippen LogP contribution in [0, 0.1) is 5.41 Å². The smallest absolute Gasteiger partial charge is 0.407 e. The number of rotatable bonds is 6. The number of ether oxygens (including phenoxy) is 3. The van der Waals surface area contributed by atoms with Crippen molar-refractivity contribution in [3.05, 3.63) is 29.8 Å². The second-order valence-corrected chi connectivity index (χ2v) is 9.29. The number of amides is 1. The highest BCUT2D eigenvalue weighted by molar-refractivity contribution is 5.67. The molecule has 1 atom stereocenters. The van der Waals surface area contributed by atoms with Crippen LogP contribution in [0.2, 0.25) is 0 Å². The van der Waals surface area contributed by atoms with Crippen LogP contribution in [0.15, 0.2) is 24.3 Å². The molecular formula is C24H36N2O4. The number of likely N-dealkylation sites (tertiary alicyclic amines) is 1. The third-order valence-corrected chi connectivity index (χ3v) is 7.15. The summed E-state index contributed by atoms with van der Waals surface area (Å²) in [5.74, 6) is 0.909. The zero-order chi connectivity index (χ0) is 20.8. The molecule has 1 aromatic rings. The van der Waals surface area contributed by atoms with Gasteiger partial charge < -0.3 is 19.5 Å². The molecule has 1 aliphatic carbocycles. The van der Waals surface area contributed by atoms with Gasteiger partial charge in [0, 0.05) is 13.1 Å². The van der Waals surface area contributed by atoms with Crippen LogP contribution in [0.25, 0.3) is 0 Å². The number of alkyl carbamates (subject to hydrolysis) is 1. The Morgan fingerprint density at radius 1 is 1.13 bits per heavy atom. The molecule has 1 N–H and O–H groups in total. The van der Waals surface area contributed by atoms with E-state index in [-0.39, 0.29) is 18.3 Å². The molecule has 2 heterocycles. The zero-order valence-corrected chi connectivity index (χ0v) is 18.2. The number of piperidine rings is 1. The molecule has 1 unspecified atom stereocenters. The van der Waals surface area contributed by atoms with Crippen LogP contribution in [0.5, 0.6) is 5.75 Å². The van der Waals surface area contributed by atoms with E-state index in [0.29, 0.717) is 12.0 Å². The van der Waals surface area contributed by atoms with E-state index in [9.17, 15) is 4.79 Å². The van der Waals surface area contributed by atoms with Crippen LogP contribution in [0.1, 0.15) is 56.9 Å². The SMILES string of the molecule is COc1ccc(CN2CCC3(CCC(CNC(=O)OC4CCCC4)OC3)CC2)cc1. The fourth-order valence-corrected chi connectivity index (χ4v) is 5.04. The van der Waals surface area contributed by atoms with Crippen LogP contribution in [-0.4, -0.2) is 56.6 Å². The van der Waals surface area contributed by atoms with Gasteiger partial charge in [-0.25, -0.2) is 4.79 Å². The number of benzene rings is 1. The van der Waals surface area contributed by atoms with Gasteiger partial charge in [-0.1, -0.05) is 12.1 Å². The van der Waals surface area contributed by atoms with E-state index in [1.807, 2.05) is 12.1 Å². The van der Waals surface area contributed by atoms with Crippen molar-refractivity contribution < 1.29 is 19.0 Å². The fraction of sp³-hybridized carbons (Fsp3) is 0.708. The highest BCUT2D eigenvalue weighted by atomic mass is 16.6. The van der Waals surface area contributed by atoms with Crippen LogP contribution in [0.3, 0.4) is 0 Å². The van der Waals surface area contributed by atoms with E-state index >= 15 is 0 Å². The van der Waals surface area contributed by atoms with Crippen molar-refractivity contribution in [3.8, 4) is 5.75 Å². The predicted octanol–water partition coefficient (Wildman–Crippen LogP) is 4.13. The zero-order valence-electron chi connectivity index (χ0n) is 18.2. The van der Waals surface area contributed by atoms with Gasteiger partial charge in [-0.15, -0.1) is 0 Å². The molecule has 6 heteroatoms. The molecule has 1 amide bonds. The van der Waals surface area contributed by atoms with Gasteiger partial charge >= 0.3 is 6.09 Å². The third-order valence-electron chi connectivity index (χ3n) is 7.15. The molecule has 30 heavy (non-hydrogen) atoms. The van der Waals surface area contributed by atoms with E-state index in [1.54, 1.807) is 7.11 Å². The maximum absolute atomic E-state index is 12.0. The summed E-state index contributed by atoms with van der Waals surface area (Å²) >= 11 is 0. The van der Waals surface area contributed by atoms with Crippen LogP contribution in [-0.2, 0) is 16.0 Å². The molecule has 0 bridgehead atoms. The summed E-state index contributed by atoms with van der Waals surface area (Å²) in [6, 6.07) is 8.38. The van der Waals surface area contributed by atoms with Crippen LogP contribution >= 0.6 is 0 Å². The maximum atomic E-state index is 12.0. The summed E-state index contributed by atoms with van der Waals surface area (Å²) in [6.07, 6.45) is 8.88. The van der Waals surface area contributed by atoms with Crippen LogP contribution < -0.4 is 10.1 Å². The lowest BCUT2D eigenvalue weighted by Gasteiger charge is -2.45. The lowest BCUT2D eigenvalue weighted by Crippen LogP contribution is -2.47. The van der Waals surface area contributed by atoms with Gasteiger partial charge in [-0.3, -0.25) is 4.90 Å². The third kappa shape index (κ3) is 5.67. The molecule has 166 valence electrons. The normalized spacial score (nSPS) is 24.6. The minimum atomic E-state index is -0.280. The molecule has 0 radical (unpaired) electrons. The van der Waals surface area contributed by atoms with Crippen molar-refractivity contribution in [1.29, 1.82) is 0 Å². The first-order valence-electron chi connectivity index (χ1n) is 11.6. The van der Waals surface area contributed by atoms with Crippen molar-refractivity contribution in [2.45, 2.75) is 70.1 Å². The average Bonchev–Trinajstić information content (AvgIpc) is 3.29. The van der Waals surface area contributed by atoms with Gasteiger partial charge in [0.15, 0.2) is 0 Å². The summed E-state index contributed by atoms with van der Waals surface area (Å²) in [5, 5.41) is 2.91. The molecule has 1 aromatic carbocycles. The Hall–Kier alpha value is -1.79. The number of nitrogens with zero attached hydrogens (tertiary/aromatic N) is 1. The lowest BCUT2D eigenvalue weighted by molar-refractivity contribution is -0.0849. The van der Waals surface area contributed by atoms with Crippen molar-refractivity contribution >= 4 is 6.09 Å². The fourth-order valence-electron chi connectivity index (χ4n) is 5.04. The number of hydrogen-bond acceptors (Lipinski definition) is 5. The number of nitrogens with one attached hydrogen (secondary N) is 1. The molecule has 1 saturated carbocycles. The van der Waals surface area contributed by atoms with Gasteiger partial charge in [0.05, 0.1) is 19.8 Å². The van der Waals surface area contributed by atoms with Crippen molar-refractivity contribution in [2.24, 2.45) is 5.41 Å². The minimum Gasteiger partial charge on any atom is -0.497 e. The van der Waals surface area contributed by atoms with E-state index in [0.717, 1.165) is 51.3 Å². The van der Waals surface area contributed by atoms with E-state index < -0.39 is 0 Å². The average molecular weight is 417 g/mol. The van der Waals surface area contributed by atoms with E-state index in [4.69, 9.17) is 14.2 Å². The molecule has 2 saturated heterocycles. The monoisotopic (exact) mass is 416 g/mol. The van der Waals surface area contributed by atoms with Crippen molar-refractivity contribution in [3.63, 3.8) is 0 Å². The Kier molecular flexibility index (Phi) is 7.16. The number of methoxy groups -OCH3 is 1. The first kappa shape index (κ1) is 21.4. The Labute approximate surface area is 180 Å². The van der Waals surface area contributed by atoms with E-state index in [1.165, 1.54) is 37.7 Å². The molecule has 1 spiro atoms. The first-order chi connectivity index (χ1) is 14.6. The Morgan fingerprint density at radius 3 is 2.50 bits per heavy atom. The predicted molar refractivity (Wildman–Crippen MR) is 116 cm³/mol. The summed E-state index contributed by atoms with van der Waals surface area (Å²) in [7, 11) is 1.70. The molecule has 0 aromatic heterocycles. The Bertz CT molecular complexity index is 669. The van der Waals surface area contributed by atoms with Gasteiger partial charge in [0.25, 0.3) is 0 Å². The summed E-state index contributed by atoms with van der Waals surface area (Å²) in [4.78, 5) is 14.5. The van der Waals surface area contributed by atoms with Gasteiger partial charge in [-0.05, 0) is 87.6 Å². The molecule has 2 aliphatic heterocycles. The van der Waals surface area contributed by atoms with Crippen molar-refractivity contribution in [2.75, 3.05) is 33.4 Å². The minimum absolute atomic E-state index is 0.114. The molecule has 3 aliphatic rings. The van der Waals surface area contributed by atoms with Crippen molar-refractivity contribution in [1.82, 2.24) is 10.2 Å². The lowest BCUT2D eigenvalue weighted by atomic mass is 9.73. The molecule has 3 fully saturated rings. The second-order valence-electron chi connectivity index (χ2n) is 9.29. The maximum Gasteiger partial charge on any atom is 0.407 e. The van der Waals surface area contributed by atoms with Gasteiger partial charge in [0.2, 0.25) is 0 Å². The topological polar surface area (TPSA) is 60.0 Å². The van der Waals surface area contributed by atoms with E-state index in [2.05, 4.69) is 22.3 Å². The quantitative estimate of drug-likeness (QED) is 0.756. The number of carbonyl (C=O) groups excluding carboxylic acids is 1. The van der Waals surface area contributed by atoms with Gasteiger partial charge in [-0.2, -0.15) is 0 Å². The molecular weight excluding hydrogens is 380 g/mol. The second kappa shape index (κ2) is 10.0. The highest BCUT2D eigenvalue weighted by Crippen LogP contribution is 2.40. The molecule has 6 nitrogen and oxygen atoms in total. The number of carbonyl (C=O) groups is 1. The summed E-state index contributed by atoms with van der Waals surface area (Å²) in [5.41, 5.74) is 1.65. The Morgan fingerprint density at radius 2 is 1.87 bits per heavy atom.